The van der Waals surface area contributed by atoms with Gasteiger partial charge in [0.2, 0.25) is 0 Å². The molecule has 0 aliphatic carbocycles. The van der Waals surface area contributed by atoms with Gasteiger partial charge in [0.1, 0.15) is 23.4 Å². The van der Waals surface area contributed by atoms with Gasteiger partial charge in [-0.3, -0.25) is 0 Å². The van der Waals surface area contributed by atoms with Crippen LogP contribution in [0, 0.1) is 18.3 Å². The molecule has 198 valence electrons. The Morgan fingerprint density at radius 2 is 1.68 bits per heavy atom. The molecule has 0 aliphatic rings. The fraction of sp³-hybridized carbons (Fsp3) is 0.147. The summed E-state index contributed by atoms with van der Waals surface area (Å²) >= 11 is 0. The Morgan fingerprint density at radius 1 is 0.975 bits per heavy atom. The first-order valence-corrected chi connectivity index (χ1v) is 13.2. The normalized spacial score (nSPS) is 11.5. The summed E-state index contributed by atoms with van der Waals surface area (Å²) in [6.07, 6.45) is 0.264. The Kier molecular flexibility index (Phi) is 7.75. The van der Waals surface area contributed by atoms with Crippen LogP contribution in [0.3, 0.4) is 0 Å². The lowest BCUT2D eigenvalue weighted by atomic mass is 9.97. The molecule has 0 fully saturated rings. The van der Waals surface area contributed by atoms with Crippen LogP contribution in [0.15, 0.2) is 97.1 Å². The van der Waals surface area contributed by atoms with Crippen molar-refractivity contribution in [2.75, 3.05) is 11.9 Å². The van der Waals surface area contributed by atoms with Crippen LogP contribution >= 0.6 is 0 Å². The van der Waals surface area contributed by atoms with Gasteiger partial charge in [-0.15, -0.1) is 0 Å². The number of nitriles is 1. The van der Waals surface area contributed by atoms with Crippen molar-refractivity contribution in [3.8, 4) is 34.2 Å². The summed E-state index contributed by atoms with van der Waals surface area (Å²) in [5.74, 6) is -0.192. The molecule has 0 radical (unpaired) electrons. The Labute approximate surface area is 233 Å². The Morgan fingerprint density at radius 3 is 2.38 bits per heavy atom. The number of ether oxygens (including phenoxy) is 1. The van der Waals surface area contributed by atoms with Gasteiger partial charge in [0.15, 0.2) is 0 Å². The first-order valence-electron chi connectivity index (χ1n) is 13.2. The molecule has 1 heterocycles. The van der Waals surface area contributed by atoms with E-state index in [0.717, 1.165) is 33.6 Å². The fourth-order valence-corrected chi connectivity index (χ4v) is 4.86. The second kappa shape index (κ2) is 11.7. The molecule has 0 aliphatic heterocycles. The predicted molar refractivity (Wildman–Crippen MR) is 158 cm³/mol. The topological polar surface area (TPSA) is 95.2 Å². The number of carbonyl (C=O) groups is 1. The minimum atomic E-state index is -0.997. The van der Waals surface area contributed by atoms with Crippen molar-refractivity contribution >= 4 is 22.6 Å². The molecule has 2 N–H and O–H groups in total. The van der Waals surface area contributed by atoms with Crippen molar-refractivity contribution < 1.29 is 14.6 Å². The third kappa shape index (κ3) is 5.50. The number of carboxylic acid groups (broad SMARTS) is 1. The largest absolute Gasteiger partial charge is 0.493 e. The molecule has 5 rings (SSSR count). The van der Waals surface area contributed by atoms with Crippen LogP contribution in [0.5, 0.6) is 5.75 Å². The van der Waals surface area contributed by atoms with E-state index in [0.29, 0.717) is 34.5 Å². The number of aryl methyl sites for hydroxylation is 1. The third-order valence-corrected chi connectivity index (χ3v) is 6.81. The number of para-hydroxylation sites is 1. The van der Waals surface area contributed by atoms with Crippen molar-refractivity contribution in [2.24, 2.45) is 0 Å². The van der Waals surface area contributed by atoms with Crippen molar-refractivity contribution in [2.45, 2.75) is 26.3 Å². The minimum absolute atomic E-state index is 0.264. The van der Waals surface area contributed by atoms with Crippen LogP contribution < -0.4 is 10.1 Å². The average molecular weight is 528 g/mol. The fourth-order valence-electron chi connectivity index (χ4n) is 4.86. The van der Waals surface area contributed by atoms with Gasteiger partial charge in [-0.1, -0.05) is 84.9 Å². The van der Waals surface area contributed by atoms with Crippen molar-refractivity contribution in [3.05, 3.63) is 114 Å². The third-order valence-electron chi connectivity index (χ3n) is 6.81. The zero-order chi connectivity index (χ0) is 28.1. The second-order valence-corrected chi connectivity index (χ2v) is 9.57. The SMILES string of the molecule is CCOc1ccccc1-c1ccc(-c2nc3cc(C)ccc3c(N[C@H](Cc3ccccc3)C(=O)O)c2C#N)cc1. The molecule has 0 saturated carbocycles. The zero-order valence-electron chi connectivity index (χ0n) is 22.4. The van der Waals surface area contributed by atoms with Crippen molar-refractivity contribution in [1.82, 2.24) is 4.98 Å². The van der Waals surface area contributed by atoms with Crippen LogP contribution in [-0.4, -0.2) is 28.7 Å². The maximum atomic E-state index is 12.3. The molecule has 1 aromatic heterocycles. The molecule has 0 spiro atoms. The molecule has 5 aromatic rings. The molecular formula is C34H29N3O3. The molecule has 0 bridgehead atoms. The lowest BCUT2D eigenvalue weighted by molar-refractivity contribution is -0.137. The molecule has 1 atom stereocenters. The van der Waals surface area contributed by atoms with E-state index in [4.69, 9.17) is 9.72 Å². The number of carboxylic acids is 1. The van der Waals surface area contributed by atoms with E-state index in [1.807, 2.05) is 111 Å². The molecule has 6 nitrogen and oxygen atoms in total. The average Bonchev–Trinajstić information content (AvgIpc) is 2.97. The molecular weight excluding hydrogens is 498 g/mol. The zero-order valence-corrected chi connectivity index (χ0v) is 22.4. The van der Waals surface area contributed by atoms with E-state index in [1.54, 1.807) is 0 Å². The van der Waals surface area contributed by atoms with E-state index >= 15 is 0 Å². The first kappa shape index (κ1) is 26.5. The Balaban J connectivity index is 1.61. The van der Waals surface area contributed by atoms with Gasteiger partial charge < -0.3 is 15.2 Å². The number of nitrogens with zero attached hydrogens (tertiary/aromatic N) is 2. The Hall–Kier alpha value is -5.15. The van der Waals surface area contributed by atoms with E-state index in [1.165, 1.54) is 0 Å². The standard InChI is InChI=1S/C34H29N3O3/c1-3-40-31-12-8-7-11-26(31)24-14-16-25(17-15-24)32-28(21-35)33(27-18-13-22(2)19-29(27)36-32)37-30(34(38)39)20-23-9-5-4-6-10-23/h4-19,30H,3,20H2,1-2H3,(H,36,37)(H,38,39)/t30-/m1/s1. The van der Waals surface area contributed by atoms with Crippen LogP contribution in [0.1, 0.15) is 23.6 Å². The molecule has 40 heavy (non-hydrogen) atoms. The monoisotopic (exact) mass is 527 g/mol. The van der Waals surface area contributed by atoms with Crippen molar-refractivity contribution in [3.63, 3.8) is 0 Å². The number of aliphatic carboxylic acids is 1. The maximum Gasteiger partial charge on any atom is 0.326 e. The van der Waals surface area contributed by atoms with E-state index in [2.05, 4.69) is 11.4 Å². The van der Waals surface area contributed by atoms with Crippen molar-refractivity contribution in [1.29, 1.82) is 5.26 Å². The van der Waals surface area contributed by atoms with Gasteiger partial charge in [-0.2, -0.15) is 5.26 Å². The smallest absolute Gasteiger partial charge is 0.326 e. The number of nitrogens with one attached hydrogen (secondary N) is 1. The van der Waals surface area contributed by atoms with Gasteiger partial charge in [0.25, 0.3) is 0 Å². The second-order valence-electron chi connectivity index (χ2n) is 9.57. The highest BCUT2D eigenvalue weighted by Crippen LogP contribution is 2.36. The van der Waals surface area contributed by atoms with E-state index in [-0.39, 0.29) is 6.42 Å². The van der Waals surface area contributed by atoms with Crippen LogP contribution in [0.2, 0.25) is 0 Å². The van der Waals surface area contributed by atoms with Gasteiger partial charge in [-0.05, 0) is 42.7 Å². The number of rotatable bonds is 9. The number of fused-ring (bicyclic) bond motifs is 1. The highest BCUT2D eigenvalue weighted by atomic mass is 16.5. The summed E-state index contributed by atoms with van der Waals surface area (Å²) in [6.45, 7) is 4.50. The number of hydrogen-bond acceptors (Lipinski definition) is 5. The number of anilines is 1. The van der Waals surface area contributed by atoms with Gasteiger partial charge in [0.05, 0.1) is 23.5 Å². The van der Waals surface area contributed by atoms with E-state index < -0.39 is 12.0 Å². The van der Waals surface area contributed by atoms with Gasteiger partial charge in [-0.25, -0.2) is 9.78 Å². The minimum Gasteiger partial charge on any atom is -0.493 e. The molecule has 6 heteroatoms. The predicted octanol–water partition coefficient (Wildman–Crippen LogP) is 7.26. The summed E-state index contributed by atoms with van der Waals surface area (Å²) in [4.78, 5) is 17.2. The van der Waals surface area contributed by atoms with Crippen LogP contribution in [-0.2, 0) is 11.2 Å². The summed E-state index contributed by atoms with van der Waals surface area (Å²) in [5, 5.41) is 24.3. The first-order chi connectivity index (χ1) is 19.5. The molecule has 4 aromatic carbocycles. The van der Waals surface area contributed by atoms with Gasteiger partial charge >= 0.3 is 5.97 Å². The number of pyridine rings is 1. The summed E-state index contributed by atoms with van der Waals surface area (Å²) in [7, 11) is 0. The highest BCUT2D eigenvalue weighted by Gasteiger charge is 2.23. The number of benzene rings is 4. The molecule has 0 unspecified atom stereocenters. The van der Waals surface area contributed by atoms with Crippen LogP contribution in [0.4, 0.5) is 5.69 Å². The maximum absolute atomic E-state index is 12.3. The summed E-state index contributed by atoms with van der Waals surface area (Å²) < 4.78 is 5.81. The van der Waals surface area contributed by atoms with E-state index in [9.17, 15) is 15.2 Å². The molecule has 0 amide bonds. The number of aromatic nitrogens is 1. The van der Waals surface area contributed by atoms with Gasteiger partial charge in [0, 0.05) is 22.9 Å². The lowest BCUT2D eigenvalue weighted by Gasteiger charge is -2.20. The summed E-state index contributed by atoms with van der Waals surface area (Å²) in [6, 6.07) is 32.3. The van der Waals surface area contributed by atoms with Crippen LogP contribution in [0.25, 0.3) is 33.3 Å². The number of hydrogen-bond donors (Lipinski definition) is 2. The quantitative estimate of drug-likeness (QED) is 0.210. The lowest BCUT2D eigenvalue weighted by Crippen LogP contribution is -2.32. The molecule has 0 saturated heterocycles. The Bertz CT molecular complexity index is 1710. The highest BCUT2D eigenvalue weighted by molar-refractivity contribution is 5.99. The summed E-state index contributed by atoms with van der Waals surface area (Å²) in [5.41, 5.74) is 6.58.